The van der Waals surface area contributed by atoms with Crippen molar-refractivity contribution in [2.45, 2.75) is 51.5 Å². The Morgan fingerprint density at radius 3 is 2.29 bits per heavy atom. The largest absolute Gasteiger partial charge is 0.373 e. The third-order valence-corrected chi connectivity index (χ3v) is 6.34. The molecule has 2 heterocycles. The Hall–Kier alpha value is -2.21. The lowest BCUT2D eigenvalue weighted by Crippen LogP contribution is -2.44. The topological polar surface area (TPSA) is 44.8 Å². The number of nitrogens with zero attached hydrogens (tertiary/aromatic N) is 2. The summed E-state index contributed by atoms with van der Waals surface area (Å²) in [5, 5.41) is 3.18. The van der Waals surface area contributed by atoms with Gasteiger partial charge in [0.2, 0.25) is 0 Å². The van der Waals surface area contributed by atoms with Crippen LogP contribution < -0.4 is 5.32 Å². The summed E-state index contributed by atoms with van der Waals surface area (Å²) in [6.45, 7) is 9.88. The smallest absolute Gasteiger partial charge is 0.251 e. The SMILES string of the molecule is CC1CN(Cc2ccc(C(=O)NCC(c3ccccc3)N3CCCC3)cc2)CC(C)O1. The van der Waals surface area contributed by atoms with Crippen molar-refractivity contribution in [3.8, 4) is 0 Å². The molecule has 2 aromatic rings. The number of rotatable bonds is 7. The highest BCUT2D eigenvalue weighted by Crippen LogP contribution is 2.24. The van der Waals surface area contributed by atoms with Crippen molar-refractivity contribution in [3.05, 3.63) is 71.3 Å². The molecule has 31 heavy (non-hydrogen) atoms. The molecule has 0 aromatic heterocycles. The van der Waals surface area contributed by atoms with Gasteiger partial charge in [0.25, 0.3) is 5.91 Å². The van der Waals surface area contributed by atoms with Crippen LogP contribution in [0.5, 0.6) is 0 Å². The highest BCUT2D eigenvalue weighted by atomic mass is 16.5. The fraction of sp³-hybridized carbons (Fsp3) is 0.500. The van der Waals surface area contributed by atoms with Gasteiger partial charge in [0, 0.05) is 31.7 Å². The van der Waals surface area contributed by atoms with E-state index >= 15 is 0 Å². The Labute approximate surface area is 186 Å². The lowest BCUT2D eigenvalue weighted by atomic mass is 10.1. The molecule has 2 fully saturated rings. The van der Waals surface area contributed by atoms with Gasteiger partial charge in [0.15, 0.2) is 0 Å². The van der Waals surface area contributed by atoms with E-state index in [9.17, 15) is 4.79 Å². The molecule has 2 aromatic carbocycles. The number of carbonyl (C=O) groups excluding carboxylic acids is 1. The summed E-state index contributed by atoms with van der Waals surface area (Å²) >= 11 is 0. The van der Waals surface area contributed by atoms with Gasteiger partial charge in [-0.3, -0.25) is 14.6 Å². The van der Waals surface area contributed by atoms with Crippen LogP contribution in [0.1, 0.15) is 54.2 Å². The predicted molar refractivity (Wildman–Crippen MR) is 124 cm³/mol. The molecule has 4 rings (SSSR count). The van der Waals surface area contributed by atoms with Gasteiger partial charge in [-0.25, -0.2) is 0 Å². The zero-order chi connectivity index (χ0) is 21.6. The summed E-state index contributed by atoms with van der Waals surface area (Å²) in [5.41, 5.74) is 3.23. The maximum Gasteiger partial charge on any atom is 0.251 e. The van der Waals surface area contributed by atoms with Crippen LogP contribution in [0, 0.1) is 0 Å². The van der Waals surface area contributed by atoms with Crippen LogP contribution in [0.15, 0.2) is 54.6 Å². The molecule has 2 aliphatic heterocycles. The summed E-state index contributed by atoms with van der Waals surface area (Å²) in [4.78, 5) is 17.7. The first-order chi connectivity index (χ1) is 15.1. The minimum atomic E-state index is 0.000273. The van der Waals surface area contributed by atoms with Gasteiger partial charge in [-0.2, -0.15) is 0 Å². The fourth-order valence-corrected chi connectivity index (χ4v) is 4.91. The van der Waals surface area contributed by atoms with Crippen LogP contribution in [-0.4, -0.2) is 60.6 Å². The Balaban J connectivity index is 1.34. The quantitative estimate of drug-likeness (QED) is 0.737. The van der Waals surface area contributed by atoms with E-state index in [-0.39, 0.29) is 24.2 Å². The summed E-state index contributed by atoms with van der Waals surface area (Å²) in [7, 11) is 0. The molecule has 3 unspecified atom stereocenters. The van der Waals surface area contributed by atoms with E-state index in [1.54, 1.807) is 0 Å². The number of morpholine rings is 1. The molecule has 3 atom stereocenters. The molecule has 0 spiro atoms. The van der Waals surface area contributed by atoms with Crippen molar-refractivity contribution in [2.75, 3.05) is 32.7 Å². The van der Waals surface area contributed by atoms with Gasteiger partial charge in [-0.05, 0) is 63.0 Å². The first kappa shape index (κ1) is 22.0. The molecule has 0 bridgehead atoms. The van der Waals surface area contributed by atoms with E-state index < -0.39 is 0 Å². The lowest BCUT2D eigenvalue weighted by molar-refractivity contribution is -0.0704. The number of hydrogen-bond donors (Lipinski definition) is 1. The lowest BCUT2D eigenvalue weighted by Gasteiger charge is -2.35. The zero-order valence-electron chi connectivity index (χ0n) is 18.8. The van der Waals surface area contributed by atoms with Crippen LogP contribution in [-0.2, 0) is 11.3 Å². The van der Waals surface area contributed by atoms with Crippen molar-refractivity contribution < 1.29 is 9.53 Å². The maximum absolute atomic E-state index is 12.8. The van der Waals surface area contributed by atoms with E-state index in [1.807, 2.05) is 18.2 Å². The number of amides is 1. The van der Waals surface area contributed by atoms with Gasteiger partial charge < -0.3 is 10.1 Å². The highest BCUT2D eigenvalue weighted by molar-refractivity contribution is 5.94. The molecule has 166 valence electrons. The Bertz CT molecular complexity index is 823. The molecule has 0 aliphatic carbocycles. The molecule has 5 heteroatoms. The maximum atomic E-state index is 12.8. The molecule has 0 radical (unpaired) electrons. The number of nitrogens with one attached hydrogen (secondary N) is 1. The zero-order valence-corrected chi connectivity index (χ0v) is 18.8. The van der Waals surface area contributed by atoms with Gasteiger partial charge >= 0.3 is 0 Å². The van der Waals surface area contributed by atoms with Crippen molar-refractivity contribution in [2.24, 2.45) is 0 Å². The monoisotopic (exact) mass is 421 g/mol. The number of carbonyl (C=O) groups is 1. The summed E-state index contributed by atoms with van der Waals surface area (Å²) in [5.74, 6) is 0.000273. The number of likely N-dealkylation sites (tertiary alicyclic amines) is 1. The van der Waals surface area contributed by atoms with Crippen molar-refractivity contribution >= 4 is 5.91 Å². The molecule has 2 saturated heterocycles. The molecule has 2 aliphatic rings. The third-order valence-electron chi connectivity index (χ3n) is 6.34. The van der Waals surface area contributed by atoms with Crippen LogP contribution in [0.25, 0.3) is 0 Å². The Morgan fingerprint density at radius 1 is 1.00 bits per heavy atom. The second kappa shape index (κ2) is 10.4. The second-order valence-electron chi connectivity index (χ2n) is 9.03. The van der Waals surface area contributed by atoms with Crippen molar-refractivity contribution in [1.82, 2.24) is 15.1 Å². The normalized spacial score (nSPS) is 23.5. The Morgan fingerprint density at radius 2 is 1.65 bits per heavy atom. The van der Waals surface area contributed by atoms with Gasteiger partial charge in [0.1, 0.15) is 0 Å². The van der Waals surface area contributed by atoms with E-state index in [0.717, 1.165) is 38.3 Å². The summed E-state index contributed by atoms with van der Waals surface area (Å²) in [6.07, 6.45) is 3.00. The molecule has 0 saturated carbocycles. The van der Waals surface area contributed by atoms with E-state index in [4.69, 9.17) is 4.74 Å². The first-order valence-corrected chi connectivity index (χ1v) is 11.6. The molecule has 1 amide bonds. The van der Waals surface area contributed by atoms with E-state index in [2.05, 4.69) is 65.4 Å². The first-order valence-electron chi connectivity index (χ1n) is 11.6. The predicted octanol–water partition coefficient (Wildman–Crippen LogP) is 3.86. The molecular weight excluding hydrogens is 386 g/mol. The van der Waals surface area contributed by atoms with Crippen molar-refractivity contribution in [3.63, 3.8) is 0 Å². The number of ether oxygens (including phenoxy) is 1. The summed E-state index contributed by atoms with van der Waals surface area (Å²) in [6, 6.07) is 18.8. The number of benzene rings is 2. The fourth-order valence-electron chi connectivity index (χ4n) is 4.91. The molecule has 1 N–H and O–H groups in total. The average molecular weight is 422 g/mol. The van der Waals surface area contributed by atoms with Crippen LogP contribution in [0.4, 0.5) is 0 Å². The van der Waals surface area contributed by atoms with Gasteiger partial charge in [-0.1, -0.05) is 42.5 Å². The van der Waals surface area contributed by atoms with E-state index in [0.29, 0.717) is 6.54 Å². The van der Waals surface area contributed by atoms with Crippen molar-refractivity contribution in [1.29, 1.82) is 0 Å². The van der Waals surface area contributed by atoms with Crippen LogP contribution in [0.2, 0.25) is 0 Å². The third kappa shape index (κ3) is 5.94. The van der Waals surface area contributed by atoms with Gasteiger partial charge in [-0.15, -0.1) is 0 Å². The van der Waals surface area contributed by atoms with Crippen LogP contribution >= 0.6 is 0 Å². The second-order valence-corrected chi connectivity index (χ2v) is 9.03. The standard InChI is InChI=1S/C26H35N3O2/c1-20-17-28(18-21(2)31-20)19-22-10-12-24(13-11-22)26(30)27-16-25(29-14-6-7-15-29)23-8-4-3-5-9-23/h3-5,8-13,20-21,25H,6-7,14-19H2,1-2H3,(H,27,30). The number of hydrogen-bond acceptors (Lipinski definition) is 4. The van der Waals surface area contributed by atoms with Gasteiger partial charge in [0.05, 0.1) is 18.2 Å². The highest BCUT2D eigenvalue weighted by Gasteiger charge is 2.24. The minimum Gasteiger partial charge on any atom is -0.373 e. The van der Waals surface area contributed by atoms with Crippen LogP contribution in [0.3, 0.4) is 0 Å². The summed E-state index contributed by atoms with van der Waals surface area (Å²) < 4.78 is 5.82. The minimum absolute atomic E-state index is 0.000273. The molecule has 5 nitrogen and oxygen atoms in total. The Kier molecular flexibility index (Phi) is 7.38. The molecular formula is C26H35N3O2. The van der Waals surface area contributed by atoms with E-state index in [1.165, 1.54) is 24.0 Å². The average Bonchev–Trinajstić information content (AvgIpc) is 3.29.